The smallest absolute Gasteiger partial charge is 0.227 e. The monoisotopic (exact) mass is 889 g/mol. The van der Waals surface area contributed by atoms with Gasteiger partial charge in [-0.15, -0.1) is 0 Å². The number of hydrogen-bond acceptors (Lipinski definition) is 6. The van der Waals surface area contributed by atoms with Gasteiger partial charge in [-0.1, -0.05) is 139 Å². The van der Waals surface area contributed by atoms with Crippen LogP contribution in [0.25, 0.3) is 0 Å². The zero-order chi connectivity index (χ0) is 47.1. The first-order valence-electron chi connectivity index (χ1n) is 24.1. The predicted octanol–water partition coefficient (Wildman–Crippen LogP) is 10.6. The van der Waals surface area contributed by atoms with Crippen molar-refractivity contribution >= 4 is 23.4 Å². The summed E-state index contributed by atoms with van der Waals surface area (Å²) in [5, 5.41) is 6.47. The van der Waals surface area contributed by atoms with Crippen molar-refractivity contribution < 1.29 is 19.2 Å². The zero-order valence-corrected chi connectivity index (χ0v) is 40.2. The summed E-state index contributed by atoms with van der Waals surface area (Å²) in [4.78, 5) is 55.4. The van der Waals surface area contributed by atoms with Crippen LogP contribution in [-0.4, -0.2) is 84.5 Å². The molecule has 5 aromatic carbocycles. The summed E-state index contributed by atoms with van der Waals surface area (Å²) in [5.74, 6) is -0.291. The van der Waals surface area contributed by atoms with Gasteiger partial charge in [0.25, 0.3) is 0 Å². The van der Waals surface area contributed by atoms with Gasteiger partial charge in [0.1, 0.15) is 0 Å². The fraction of sp³-hybridized carbons (Fsp3) is 0.414. The number of aryl methyl sites for hydroxylation is 2. The molecular formula is C58H72N4O4. The van der Waals surface area contributed by atoms with E-state index in [-0.39, 0.29) is 65.3 Å². The van der Waals surface area contributed by atoms with Crippen molar-refractivity contribution in [2.24, 2.45) is 0 Å². The number of amides is 2. The molecule has 1 unspecified atom stereocenters. The topological polar surface area (TPSA) is 98.8 Å². The van der Waals surface area contributed by atoms with Crippen LogP contribution in [-0.2, 0) is 22.4 Å². The fourth-order valence-electron chi connectivity index (χ4n) is 9.89. The number of Topliss-reactive ketones (excluding diaryl/α,β-unsaturated/α-hetero) is 1. The molecule has 8 heteroatoms. The number of carbonyl (C=O) groups is 4. The van der Waals surface area contributed by atoms with E-state index in [1.54, 1.807) is 12.1 Å². The molecule has 5 aromatic rings. The van der Waals surface area contributed by atoms with E-state index in [0.717, 1.165) is 76.2 Å². The molecule has 2 fully saturated rings. The summed E-state index contributed by atoms with van der Waals surface area (Å²) in [6.45, 7) is 4.05. The quantitative estimate of drug-likeness (QED) is 0.0903. The molecule has 0 saturated heterocycles. The molecule has 2 saturated carbocycles. The Labute approximate surface area is 394 Å². The molecule has 2 N–H and O–H groups in total. The van der Waals surface area contributed by atoms with Crippen LogP contribution < -0.4 is 10.6 Å². The van der Waals surface area contributed by atoms with Crippen molar-refractivity contribution in [3.8, 4) is 0 Å². The molecule has 0 spiro atoms. The maximum absolute atomic E-state index is 13.2. The average Bonchev–Trinajstić information content (AvgIpc) is 3.35. The van der Waals surface area contributed by atoms with Gasteiger partial charge in [-0.2, -0.15) is 0 Å². The second-order valence-corrected chi connectivity index (χ2v) is 19.3. The van der Waals surface area contributed by atoms with Crippen LogP contribution in [0.5, 0.6) is 0 Å². The minimum Gasteiger partial charge on any atom is -0.353 e. The Hall–Kier alpha value is -5.70. The number of carbonyl (C=O) groups excluding carboxylic acids is 4. The molecule has 348 valence electrons. The largest absolute Gasteiger partial charge is 0.353 e. The molecule has 66 heavy (non-hydrogen) atoms. The van der Waals surface area contributed by atoms with E-state index in [9.17, 15) is 19.2 Å². The molecule has 0 aliphatic heterocycles. The SMILES string of the molecule is CN(C)C1(CCc2ccccc2)CCC(NC(=O)CCC(=O)c2ccccc2)CC1.Cc1ccc(CC2(N(C)C)CCC(NC(=O)C(C)c3cccc(C(=O)c4ccccc4)c3)CC2)cc1. The molecule has 8 nitrogen and oxygen atoms in total. The molecule has 7 rings (SSSR count). The molecule has 0 radical (unpaired) electrons. The third kappa shape index (κ3) is 13.7. The minimum atomic E-state index is -0.318. The lowest BCUT2D eigenvalue weighted by Gasteiger charge is -2.45. The molecule has 1 atom stereocenters. The number of nitrogens with one attached hydrogen (secondary N) is 2. The first-order valence-corrected chi connectivity index (χ1v) is 24.1. The van der Waals surface area contributed by atoms with E-state index in [1.165, 1.54) is 16.7 Å². The van der Waals surface area contributed by atoms with Gasteiger partial charge in [0, 0.05) is 52.7 Å². The maximum Gasteiger partial charge on any atom is 0.227 e. The zero-order valence-electron chi connectivity index (χ0n) is 40.2. The van der Waals surface area contributed by atoms with Crippen molar-refractivity contribution in [1.82, 2.24) is 20.4 Å². The lowest BCUT2D eigenvalue weighted by molar-refractivity contribution is -0.123. The van der Waals surface area contributed by atoms with Crippen molar-refractivity contribution in [3.63, 3.8) is 0 Å². The van der Waals surface area contributed by atoms with E-state index in [1.807, 2.05) is 79.7 Å². The van der Waals surface area contributed by atoms with E-state index in [2.05, 4.69) is 110 Å². The first-order chi connectivity index (χ1) is 31.8. The highest BCUT2D eigenvalue weighted by Gasteiger charge is 2.39. The van der Waals surface area contributed by atoms with Gasteiger partial charge in [-0.25, -0.2) is 0 Å². The highest BCUT2D eigenvalue weighted by Crippen LogP contribution is 2.37. The Morgan fingerprint density at radius 2 is 1.09 bits per heavy atom. The van der Waals surface area contributed by atoms with Gasteiger partial charge in [0.2, 0.25) is 11.8 Å². The van der Waals surface area contributed by atoms with Crippen molar-refractivity contribution in [1.29, 1.82) is 0 Å². The van der Waals surface area contributed by atoms with Gasteiger partial charge >= 0.3 is 0 Å². The van der Waals surface area contributed by atoms with Crippen LogP contribution in [0.15, 0.2) is 140 Å². The van der Waals surface area contributed by atoms with Gasteiger partial charge in [-0.05, 0) is 135 Å². The Kier molecular flexibility index (Phi) is 17.8. The number of benzene rings is 5. The normalized spacial score (nSPS) is 21.0. The van der Waals surface area contributed by atoms with Crippen LogP contribution in [0.2, 0.25) is 0 Å². The second kappa shape index (κ2) is 23.7. The van der Waals surface area contributed by atoms with E-state index in [0.29, 0.717) is 16.7 Å². The molecule has 0 bridgehead atoms. The summed E-state index contributed by atoms with van der Waals surface area (Å²) in [5.41, 5.74) is 7.17. The number of likely N-dealkylation sites (N-methyl/N-ethyl adjacent to an activating group) is 1. The Morgan fingerprint density at radius 3 is 1.67 bits per heavy atom. The summed E-state index contributed by atoms with van der Waals surface area (Å²) < 4.78 is 0. The predicted molar refractivity (Wildman–Crippen MR) is 268 cm³/mol. The van der Waals surface area contributed by atoms with Crippen LogP contribution in [0.1, 0.15) is 132 Å². The van der Waals surface area contributed by atoms with E-state index >= 15 is 0 Å². The van der Waals surface area contributed by atoms with Crippen molar-refractivity contribution in [3.05, 3.63) is 178 Å². The van der Waals surface area contributed by atoms with Crippen LogP contribution in [0.3, 0.4) is 0 Å². The fourth-order valence-corrected chi connectivity index (χ4v) is 9.89. The maximum atomic E-state index is 13.2. The summed E-state index contributed by atoms with van der Waals surface area (Å²) in [6, 6.07) is 45.9. The minimum absolute atomic E-state index is 0.00841. The Bertz CT molecular complexity index is 2310. The third-order valence-electron chi connectivity index (χ3n) is 14.6. The number of ketones is 2. The third-order valence-corrected chi connectivity index (χ3v) is 14.6. The number of nitrogens with zero attached hydrogens (tertiary/aromatic N) is 2. The summed E-state index contributed by atoms with van der Waals surface area (Å²) in [6.07, 6.45) is 12.0. The molecule has 2 aliphatic carbocycles. The number of rotatable bonds is 17. The van der Waals surface area contributed by atoms with Crippen LogP contribution >= 0.6 is 0 Å². The Morgan fingerprint density at radius 1 is 0.576 bits per heavy atom. The highest BCUT2D eigenvalue weighted by atomic mass is 16.2. The summed E-state index contributed by atoms with van der Waals surface area (Å²) in [7, 11) is 8.72. The van der Waals surface area contributed by atoms with Gasteiger partial charge in [0.15, 0.2) is 11.6 Å². The molecule has 2 aliphatic rings. The van der Waals surface area contributed by atoms with E-state index in [4.69, 9.17) is 0 Å². The van der Waals surface area contributed by atoms with Gasteiger partial charge in [0.05, 0.1) is 5.92 Å². The van der Waals surface area contributed by atoms with Gasteiger partial charge < -0.3 is 20.4 Å². The van der Waals surface area contributed by atoms with Crippen molar-refractivity contribution in [2.75, 3.05) is 28.2 Å². The van der Waals surface area contributed by atoms with Crippen LogP contribution in [0, 0.1) is 6.92 Å². The highest BCUT2D eigenvalue weighted by molar-refractivity contribution is 6.09. The van der Waals surface area contributed by atoms with Gasteiger partial charge in [-0.3, -0.25) is 19.2 Å². The van der Waals surface area contributed by atoms with Crippen LogP contribution in [0.4, 0.5) is 0 Å². The lowest BCUT2D eigenvalue weighted by Crippen LogP contribution is -2.52. The standard InChI is InChI=1S/C32H38N2O2.C26H34N2O2/c1-23-13-15-25(16-14-23)22-32(34(3)4)19-17-29(18-20-32)33-31(36)24(2)27-11-8-12-28(21-27)30(35)26-9-6-5-7-10-26;1-28(2)26(18-15-21-9-5-3-6-10-21)19-16-23(17-20-26)27-25(30)14-13-24(29)22-11-7-4-8-12-22/h5-16,21,24,29H,17-20,22H2,1-4H3,(H,33,36);3-12,23H,13-20H2,1-2H3,(H,27,30). The first kappa shape index (κ1) is 49.7. The van der Waals surface area contributed by atoms with Crippen molar-refractivity contribution in [2.45, 2.75) is 126 Å². The Balaban J connectivity index is 0.000000222. The summed E-state index contributed by atoms with van der Waals surface area (Å²) >= 11 is 0. The lowest BCUT2D eigenvalue weighted by atomic mass is 9.74. The molecule has 2 amide bonds. The average molecular weight is 889 g/mol. The number of hydrogen-bond donors (Lipinski definition) is 2. The van der Waals surface area contributed by atoms with E-state index < -0.39 is 0 Å². The molecular weight excluding hydrogens is 817 g/mol. The molecule has 0 heterocycles. The second-order valence-electron chi connectivity index (χ2n) is 19.3. The molecule has 0 aromatic heterocycles.